The number of ether oxygens (including phenoxy) is 1. The van der Waals surface area contributed by atoms with Crippen LogP contribution in [0, 0.1) is 0 Å². The lowest BCUT2D eigenvalue weighted by atomic mass is 10.1. The highest BCUT2D eigenvalue weighted by molar-refractivity contribution is 5.80. The Hall–Kier alpha value is -1.43. The molecule has 106 valence electrons. The van der Waals surface area contributed by atoms with Gasteiger partial charge >= 0.3 is 6.18 Å². The molecule has 0 saturated heterocycles. The van der Waals surface area contributed by atoms with Gasteiger partial charge in [-0.05, 0) is 18.1 Å². The van der Waals surface area contributed by atoms with Crippen molar-refractivity contribution in [3.63, 3.8) is 0 Å². The Morgan fingerprint density at radius 3 is 2.63 bits per heavy atom. The van der Waals surface area contributed by atoms with E-state index in [1.165, 1.54) is 0 Å². The Morgan fingerprint density at radius 2 is 2.11 bits per heavy atom. The molecule has 1 aromatic rings. The summed E-state index contributed by atoms with van der Waals surface area (Å²) in [5, 5.41) is 0. The lowest BCUT2D eigenvalue weighted by molar-refractivity contribution is -0.174. The van der Waals surface area contributed by atoms with Crippen molar-refractivity contribution in [1.29, 1.82) is 0 Å². The molecular formula is C13H16F3NO2. The van der Waals surface area contributed by atoms with Crippen LogP contribution in [0.2, 0.25) is 0 Å². The van der Waals surface area contributed by atoms with Crippen molar-refractivity contribution in [2.24, 2.45) is 0 Å². The number of halogens is 3. The van der Waals surface area contributed by atoms with E-state index < -0.39 is 12.8 Å². The molecule has 0 aliphatic carbocycles. The molecule has 0 radical (unpaired) electrons. The Kier molecular flexibility index (Phi) is 5.95. The van der Waals surface area contributed by atoms with Crippen LogP contribution in [0.25, 0.3) is 0 Å². The second-order valence-corrected chi connectivity index (χ2v) is 4.14. The third-order valence-corrected chi connectivity index (χ3v) is 2.46. The molecule has 0 fully saturated rings. The number of carbonyl (C=O) groups excluding carboxylic acids is 1. The number of rotatable bonds is 7. The van der Waals surface area contributed by atoms with E-state index >= 15 is 0 Å². The fourth-order valence-corrected chi connectivity index (χ4v) is 1.43. The molecule has 0 N–H and O–H groups in total. The van der Waals surface area contributed by atoms with Gasteiger partial charge in [0.15, 0.2) is 0 Å². The van der Waals surface area contributed by atoms with Crippen LogP contribution in [0.5, 0.6) is 0 Å². The maximum Gasteiger partial charge on any atom is 0.411 e. The van der Waals surface area contributed by atoms with Crippen molar-refractivity contribution in [3.05, 3.63) is 29.6 Å². The molecule has 1 rings (SSSR count). The minimum Gasteiger partial charge on any atom is -0.372 e. The maximum absolute atomic E-state index is 11.8. The van der Waals surface area contributed by atoms with E-state index in [-0.39, 0.29) is 25.2 Å². The summed E-state index contributed by atoms with van der Waals surface area (Å²) in [6.07, 6.45) is -1.69. The number of pyridine rings is 1. The summed E-state index contributed by atoms with van der Waals surface area (Å²) in [6.45, 7) is 0.467. The highest BCUT2D eigenvalue weighted by atomic mass is 19.4. The molecule has 0 atom stereocenters. The molecule has 19 heavy (non-hydrogen) atoms. The van der Waals surface area contributed by atoms with Gasteiger partial charge < -0.3 is 4.74 Å². The van der Waals surface area contributed by atoms with Gasteiger partial charge in [-0.25, -0.2) is 0 Å². The average molecular weight is 275 g/mol. The van der Waals surface area contributed by atoms with E-state index in [2.05, 4.69) is 9.72 Å². The minimum atomic E-state index is -4.35. The molecule has 0 aliphatic heterocycles. The Labute approximate surface area is 109 Å². The van der Waals surface area contributed by atoms with Crippen molar-refractivity contribution < 1.29 is 22.7 Å². The number of hydrogen-bond acceptors (Lipinski definition) is 3. The lowest BCUT2D eigenvalue weighted by Crippen LogP contribution is -2.18. The first-order valence-electron chi connectivity index (χ1n) is 6.00. The zero-order valence-electron chi connectivity index (χ0n) is 10.7. The van der Waals surface area contributed by atoms with Crippen LogP contribution in [0.15, 0.2) is 18.3 Å². The van der Waals surface area contributed by atoms with E-state index in [4.69, 9.17) is 0 Å². The predicted octanol–water partition coefficient (Wildman–Crippen LogP) is 2.72. The third kappa shape index (κ3) is 6.91. The molecule has 0 bridgehead atoms. The predicted molar refractivity (Wildman–Crippen MR) is 63.8 cm³/mol. The van der Waals surface area contributed by atoms with Crippen LogP contribution < -0.4 is 0 Å². The van der Waals surface area contributed by atoms with Crippen LogP contribution in [0.3, 0.4) is 0 Å². The number of nitrogens with zero attached hydrogens (tertiary/aromatic N) is 1. The SMILES string of the molecule is CCc1ccc(CC(=O)CCOCC(F)(F)F)nc1. The summed E-state index contributed by atoms with van der Waals surface area (Å²) < 4.78 is 39.7. The number of ketones is 1. The van der Waals surface area contributed by atoms with E-state index in [1.54, 1.807) is 12.3 Å². The van der Waals surface area contributed by atoms with Gasteiger partial charge in [0.2, 0.25) is 0 Å². The first-order valence-corrected chi connectivity index (χ1v) is 6.00. The average Bonchev–Trinajstić information content (AvgIpc) is 2.34. The molecule has 0 unspecified atom stereocenters. The summed E-state index contributed by atoms with van der Waals surface area (Å²) in [7, 11) is 0. The van der Waals surface area contributed by atoms with Gasteiger partial charge in [0.05, 0.1) is 6.61 Å². The Morgan fingerprint density at radius 1 is 1.37 bits per heavy atom. The molecule has 1 aromatic heterocycles. The molecule has 0 amide bonds. The highest BCUT2D eigenvalue weighted by Gasteiger charge is 2.27. The zero-order valence-corrected chi connectivity index (χ0v) is 10.7. The number of aromatic nitrogens is 1. The smallest absolute Gasteiger partial charge is 0.372 e. The highest BCUT2D eigenvalue weighted by Crippen LogP contribution is 2.14. The minimum absolute atomic E-state index is 0.0344. The molecule has 0 aromatic carbocycles. The van der Waals surface area contributed by atoms with Gasteiger partial charge in [0, 0.05) is 24.7 Å². The first-order chi connectivity index (χ1) is 8.90. The van der Waals surface area contributed by atoms with Crippen molar-refractivity contribution >= 4 is 5.78 Å². The van der Waals surface area contributed by atoms with Crippen LogP contribution in [0.1, 0.15) is 24.6 Å². The number of aryl methyl sites for hydroxylation is 1. The van der Waals surface area contributed by atoms with E-state index in [0.29, 0.717) is 5.69 Å². The standard InChI is InChI=1S/C13H16F3NO2/c1-2-10-3-4-11(17-8-10)7-12(18)5-6-19-9-13(14,15)16/h3-4,8H,2,5-7,9H2,1H3. The van der Waals surface area contributed by atoms with Gasteiger partial charge in [-0.1, -0.05) is 13.0 Å². The summed E-state index contributed by atoms with van der Waals surface area (Å²) in [4.78, 5) is 15.6. The van der Waals surface area contributed by atoms with Gasteiger partial charge in [0.1, 0.15) is 12.4 Å². The Bertz CT molecular complexity index is 401. The topological polar surface area (TPSA) is 39.2 Å². The molecular weight excluding hydrogens is 259 g/mol. The van der Waals surface area contributed by atoms with Crippen molar-refractivity contribution in [2.45, 2.75) is 32.4 Å². The normalized spacial score (nSPS) is 11.6. The van der Waals surface area contributed by atoms with Gasteiger partial charge in [-0.2, -0.15) is 13.2 Å². The van der Waals surface area contributed by atoms with Crippen molar-refractivity contribution in [2.75, 3.05) is 13.2 Å². The number of hydrogen-bond donors (Lipinski definition) is 0. The lowest BCUT2D eigenvalue weighted by Gasteiger charge is -2.07. The maximum atomic E-state index is 11.8. The van der Waals surface area contributed by atoms with Crippen LogP contribution in [0.4, 0.5) is 13.2 Å². The quantitative estimate of drug-likeness (QED) is 0.718. The van der Waals surface area contributed by atoms with Crippen LogP contribution in [-0.4, -0.2) is 30.2 Å². The van der Waals surface area contributed by atoms with Gasteiger partial charge in [-0.15, -0.1) is 0 Å². The summed E-state index contributed by atoms with van der Waals surface area (Å²) >= 11 is 0. The van der Waals surface area contributed by atoms with Crippen LogP contribution >= 0.6 is 0 Å². The third-order valence-electron chi connectivity index (χ3n) is 2.46. The number of carbonyl (C=O) groups is 1. The van der Waals surface area contributed by atoms with Crippen molar-refractivity contribution in [1.82, 2.24) is 4.98 Å². The second kappa shape index (κ2) is 7.23. The number of alkyl halides is 3. The molecule has 1 heterocycles. The van der Waals surface area contributed by atoms with E-state index in [1.807, 2.05) is 13.0 Å². The monoisotopic (exact) mass is 275 g/mol. The molecule has 3 nitrogen and oxygen atoms in total. The Balaban J connectivity index is 2.27. The fourth-order valence-electron chi connectivity index (χ4n) is 1.43. The van der Waals surface area contributed by atoms with Gasteiger partial charge in [-0.3, -0.25) is 9.78 Å². The second-order valence-electron chi connectivity index (χ2n) is 4.14. The zero-order chi connectivity index (χ0) is 14.3. The molecule has 0 aliphatic rings. The first kappa shape index (κ1) is 15.6. The number of Topliss-reactive ketones (excluding diaryl/α,β-unsaturated/α-hetero) is 1. The summed E-state index contributed by atoms with van der Waals surface area (Å²) in [5.74, 6) is -0.182. The van der Waals surface area contributed by atoms with Gasteiger partial charge in [0.25, 0.3) is 0 Å². The van der Waals surface area contributed by atoms with E-state index in [0.717, 1.165) is 12.0 Å². The fraction of sp³-hybridized carbons (Fsp3) is 0.538. The molecule has 0 spiro atoms. The largest absolute Gasteiger partial charge is 0.411 e. The molecule has 0 saturated carbocycles. The molecule has 6 heteroatoms. The summed E-state index contributed by atoms with van der Waals surface area (Å²) in [6, 6.07) is 3.64. The van der Waals surface area contributed by atoms with E-state index in [9.17, 15) is 18.0 Å². The van der Waals surface area contributed by atoms with Crippen molar-refractivity contribution in [3.8, 4) is 0 Å². The van der Waals surface area contributed by atoms with Crippen LogP contribution in [-0.2, 0) is 22.4 Å². The summed E-state index contributed by atoms with van der Waals surface area (Å²) in [5.41, 5.74) is 1.70.